The average Bonchev–Trinajstić information content (AvgIpc) is 2.39. The van der Waals surface area contributed by atoms with Crippen molar-refractivity contribution in [3.63, 3.8) is 0 Å². The Hall–Kier alpha value is -2.42. The van der Waals surface area contributed by atoms with Crippen molar-refractivity contribution in [1.82, 2.24) is 9.97 Å². The number of fused-ring (bicyclic) bond motifs is 1. The van der Waals surface area contributed by atoms with Crippen LogP contribution >= 0.6 is 0 Å². The number of hydrogen-bond donors (Lipinski definition) is 1. The number of aryl methyl sites for hydroxylation is 1. The Morgan fingerprint density at radius 3 is 2.56 bits per heavy atom. The summed E-state index contributed by atoms with van der Waals surface area (Å²) in [4.78, 5) is 8.70. The van der Waals surface area contributed by atoms with Gasteiger partial charge >= 0.3 is 0 Å². The number of pyridine rings is 2. The number of benzene rings is 1. The molecule has 0 aliphatic rings. The van der Waals surface area contributed by atoms with Crippen LogP contribution in [0.4, 0.5) is 5.82 Å². The average molecular weight is 235 g/mol. The second-order valence-corrected chi connectivity index (χ2v) is 4.33. The zero-order valence-electron chi connectivity index (χ0n) is 10.1. The van der Waals surface area contributed by atoms with Gasteiger partial charge in [0.1, 0.15) is 5.82 Å². The van der Waals surface area contributed by atoms with E-state index in [2.05, 4.69) is 41.2 Å². The standard InChI is InChI=1S/C15H13N3/c1-10-4-6-11(7-5-10)12-9-14-13(18-15(12)16)3-2-8-17-14/h2-9H,1H3,(H2,16,18). The van der Waals surface area contributed by atoms with E-state index in [4.69, 9.17) is 5.73 Å². The second kappa shape index (κ2) is 4.11. The van der Waals surface area contributed by atoms with Crippen LogP contribution in [0, 0.1) is 6.92 Å². The first-order valence-corrected chi connectivity index (χ1v) is 5.82. The third-order valence-corrected chi connectivity index (χ3v) is 2.98. The van der Waals surface area contributed by atoms with Gasteiger partial charge in [-0.25, -0.2) is 4.98 Å². The van der Waals surface area contributed by atoms with Crippen molar-refractivity contribution in [3.05, 3.63) is 54.2 Å². The van der Waals surface area contributed by atoms with Crippen molar-refractivity contribution in [2.24, 2.45) is 0 Å². The molecule has 0 aliphatic heterocycles. The Balaban J connectivity index is 2.22. The molecule has 3 rings (SSSR count). The summed E-state index contributed by atoms with van der Waals surface area (Å²) in [5.41, 5.74) is 10.9. The number of aromatic nitrogens is 2. The van der Waals surface area contributed by atoms with Gasteiger partial charge in [0.2, 0.25) is 0 Å². The van der Waals surface area contributed by atoms with E-state index in [0.717, 1.165) is 22.2 Å². The van der Waals surface area contributed by atoms with E-state index in [-0.39, 0.29) is 0 Å². The zero-order valence-corrected chi connectivity index (χ0v) is 10.1. The molecule has 3 nitrogen and oxygen atoms in total. The second-order valence-electron chi connectivity index (χ2n) is 4.33. The fourth-order valence-electron chi connectivity index (χ4n) is 1.98. The van der Waals surface area contributed by atoms with E-state index < -0.39 is 0 Å². The molecule has 0 unspecified atom stereocenters. The van der Waals surface area contributed by atoms with E-state index in [0.29, 0.717) is 5.82 Å². The molecule has 1 aromatic carbocycles. The molecule has 2 heterocycles. The van der Waals surface area contributed by atoms with Gasteiger partial charge < -0.3 is 5.73 Å². The van der Waals surface area contributed by atoms with Crippen molar-refractivity contribution < 1.29 is 0 Å². The lowest BCUT2D eigenvalue weighted by molar-refractivity contribution is 1.34. The van der Waals surface area contributed by atoms with Crippen LogP contribution in [-0.4, -0.2) is 9.97 Å². The van der Waals surface area contributed by atoms with Gasteiger partial charge in [0.15, 0.2) is 0 Å². The molecule has 0 bridgehead atoms. The molecule has 2 N–H and O–H groups in total. The maximum absolute atomic E-state index is 6.02. The lowest BCUT2D eigenvalue weighted by atomic mass is 10.0. The highest BCUT2D eigenvalue weighted by Gasteiger charge is 2.06. The molecule has 88 valence electrons. The molecular formula is C15H13N3. The van der Waals surface area contributed by atoms with Crippen LogP contribution in [0.25, 0.3) is 22.2 Å². The monoisotopic (exact) mass is 235 g/mol. The van der Waals surface area contributed by atoms with E-state index >= 15 is 0 Å². The van der Waals surface area contributed by atoms with Gasteiger partial charge in [-0.3, -0.25) is 4.98 Å². The number of nitrogens with zero attached hydrogens (tertiary/aromatic N) is 2. The molecule has 0 saturated heterocycles. The highest BCUT2D eigenvalue weighted by Crippen LogP contribution is 2.27. The molecular weight excluding hydrogens is 222 g/mol. The van der Waals surface area contributed by atoms with E-state index in [9.17, 15) is 0 Å². The Labute approximate surface area is 105 Å². The third-order valence-electron chi connectivity index (χ3n) is 2.98. The van der Waals surface area contributed by atoms with Crippen molar-refractivity contribution in [3.8, 4) is 11.1 Å². The molecule has 0 saturated carbocycles. The van der Waals surface area contributed by atoms with Crippen LogP contribution in [0.5, 0.6) is 0 Å². The van der Waals surface area contributed by atoms with Gasteiger partial charge in [-0.2, -0.15) is 0 Å². The smallest absolute Gasteiger partial charge is 0.132 e. The summed E-state index contributed by atoms with van der Waals surface area (Å²) in [6.45, 7) is 2.06. The topological polar surface area (TPSA) is 51.8 Å². The van der Waals surface area contributed by atoms with Crippen LogP contribution in [-0.2, 0) is 0 Å². The predicted molar refractivity (Wildman–Crippen MR) is 74.1 cm³/mol. The maximum Gasteiger partial charge on any atom is 0.132 e. The van der Waals surface area contributed by atoms with Gasteiger partial charge in [0, 0.05) is 11.8 Å². The Bertz CT molecular complexity index is 703. The minimum atomic E-state index is 0.541. The molecule has 0 radical (unpaired) electrons. The quantitative estimate of drug-likeness (QED) is 0.704. The normalized spacial score (nSPS) is 10.7. The number of nitrogens with two attached hydrogens (primary N) is 1. The van der Waals surface area contributed by atoms with E-state index in [1.165, 1.54) is 5.56 Å². The molecule has 0 amide bonds. The summed E-state index contributed by atoms with van der Waals surface area (Å²) in [5, 5.41) is 0. The van der Waals surface area contributed by atoms with Crippen molar-refractivity contribution in [2.45, 2.75) is 6.92 Å². The summed E-state index contributed by atoms with van der Waals surface area (Å²) in [5.74, 6) is 0.541. The summed E-state index contributed by atoms with van der Waals surface area (Å²) in [6.07, 6.45) is 1.76. The van der Waals surface area contributed by atoms with Gasteiger partial charge in [-0.05, 0) is 30.7 Å². The van der Waals surface area contributed by atoms with Gasteiger partial charge in [0.25, 0.3) is 0 Å². The molecule has 0 aliphatic carbocycles. The number of nitrogen functional groups attached to an aromatic ring is 1. The SMILES string of the molecule is Cc1ccc(-c2cc3ncccc3nc2N)cc1. The minimum Gasteiger partial charge on any atom is -0.383 e. The first-order chi connectivity index (χ1) is 8.74. The van der Waals surface area contributed by atoms with Crippen LogP contribution in [0.15, 0.2) is 48.7 Å². The highest BCUT2D eigenvalue weighted by molar-refractivity contribution is 5.86. The highest BCUT2D eigenvalue weighted by atomic mass is 14.9. The summed E-state index contributed by atoms with van der Waals surface area (Å²) >= 11 is 0. The molecule has 0 spiro atoms. The third kappa shape index (κ3) is 1.80. The Morgan fingerprint density at radius 2 is 1.78 bits per heavy atom. The summed E-state index contributed by atoms with van der Waals surface area (Å²) in [6, 6.07) is 14.0. The van der Waals surface area contributed by atoms with E-state index in [1.807, 2.05) is 18.2 Å². The fraction of sp³-hybridized carbons (Fsp3) is 0.0667. The lowest BCUT2D eigenvalue weighted by Crippen LogP contribution is -1.95. The lowest BCUT2D eigenvalue weighted by Gasteiger charge is -2.07. The molecule has 0 fully saturated rings. The molecule has 3 heteroatoms. The molecule has 18 heavy (non-hydrogen) atoms. The Kier molecular flexibility index (Phi) is 2.45. The minimum absolute atomic E-state index is 0.541. The molecule has 2 aromatic heterocycles. The van der Waals surface area contributed by atoms with Crippen LogP contribution in [0.3, 0.4) is 0 Å². The first-order valence-electron chi connectivity index (χ1n) is 5.82. The van der Waals surface area contributed by atoms with Gasteiger partial charge in [-0.1, -0.05) is 29.8 Å². The van der Waals surface area contributed by atoms with Crippen LogP contribution < -0.4 is 5.73 Å². The molecule has 3 aromatic rings. The summed E-state index contributed by atoms with van der Waals surface area (Å²) in [7, 11) is 0. The Morgan fingerprint density at radius 1 is 1.00 bits per heavy atom. The fourth-order valence-corrected chi connectivity index (χ4v) is 1.98. The maximum atomic E-state index is 6.02. The number of hydrogen-bond acceptors (Lipinski definition) is 3. The molecule has 0 atom stereocenters. The van der Waals surface area contributed by atoms with Crippen LogP contribution in [0.2, 0.25) is 0 Å². The van der Waals surface area contributed by atoms with Crippen molar-refractivity contribution in [2.75, 3.05) is 5.73 Å². The summed E-state index contributed by atoms with van der Waals surface area (Å²) < 4.78 is 0. The first kappa shape index (κ1) is 10.7. The number of anilines is 1. The predicted octanol–water partition coefficient (Wildman–Crippen LogP) is 3.19. The zero-order chi connectivity index (χ0) is 12.5. The van der Waals surface area contributed by atoms with Gasteiger partial charge in [-0.15, -0.1) is 0 Å². The largest absolute Gasteiger partial charge is 0.383 e. The van der Waals surface area contributed by atoms with Gasteiger partial charge in [0.05, 0.1) is 11.0 Å². The van der Waals surface area contributed by atoms with Crippen molar-refractivity contribution in [1.29, 1.82) is 0 Å². The van der Waals surface area contributed by atoms with Crippen molar-refractivity contribution >= 4 is 16.9 Å². The van der Waals surface area contributed by atoms with E-state index in [1.54, 1.807) is 6.20 Å². The van der Waals surface area contributed by atoms with Crippen LogP contribution in [0.1, 0.15) is 5.56 Å². The number of rotatable bonds is 1.